The Morgan fingerprint density at radius 2 is 1.82 bits per heavy atom. The first-order valence-electron chi connectivity index (χ1n) is 10.3. The highest BCUT2D eigenvalue weighted by Crippen LogP contribution is 2.49. The van der Waals surface area contributed by atoms with Gasteiger partial charge in [0.25, 0.3) is 0 Å². The van der Waals surface area contributed by atoms with E-state index < -0.39 is 0 Å². The maximum atomic E-state index is 13.6. The lowest BCUT2D eigenvalue weighted by Gasteiger charge is -2.44. The molecule has 0 saturated carbocycles. The molecule has 1 amide bonds. The van der Waals surface area contributed by atoms with Crippen LogP contribution in [0.15, 0.2) is 52.3 Å². The van der Waals surface area contributed by atoms with Crippen LogP contribution in [0.4, 0.5) is 11.4 Å². The zero-order valence-corrected chi connectivity index (χ0v) is 17.5. The molecular formula is C23H25ClN2OS. The molecule has 0 aromatic heterocycles. The summed E-state index contributed by atoms with van der Waals surface area (Å²) in [6, 6.07) is 14.7. The van der Waals surface area contributed by atoms with Crippen molar-refractivity contribution in [2.45, 2.75) is 54.4 Å². The zero-order chi connectivity index (χ0) is 19.1. The van der Waals surface area contributed by atoms with Crippen LogP contribution in [0.25, 0.3) is 0 Å². The van der Waals surface area contributed by atoms with Gasteiger partial charge >= 0.3 is 0 Å². The number of para-hydroxylation sites is 1. The van der Waals surface area contributed by atoms with Crippen molar-refractivity contribution in [2.24, 2.45) is 5.92 Å². The molecule has 5 rings (SSSR count). The number of halogens is 1. The Kier molecular flexibility index (Phi) is 5.12. The minimum Gasteiger partial charge on any atom is -0.300 e. The molecule has 2 aromatic rings. The Balaban J connectivity index is 1.47. The average Bonchev–Trinajstić information content (AvgIpc) is 2.72. The fourth-order valence-electron chi connectivity index (χ4n) is 5.13. The van der Waals surface area contributed by atoms with Crippen LogP contribution in [0.3, 0.4) is 0 Å². The molecule has 3 aliphatic rings. The monoisotopic (exact) mass is 412 g/mol. The molecule has 28 heavy (non-hydrogen) atoms. The first-order chi connectivity index (χ1) is 13.7. The molecule has 3 aliphatic heterocycles. The van der Waals surface area contributed by atoms with Gasteiger partial charge in [0.05, 0.1) is 11.4 Å². The van der Waals surface area contributed by atoms with Crippen molar-refractivity contribution in [3.63, 3.8) is 0 Å². The molecule has 3 nitrogen and oxygen atoms in total. The van der Waals surface area contributed by atoms with E-state index in [0.717, 1.165) is 21.2 Å². The van der Waals surface area contributed by atoms with Crippen molar-refractivity contribution in [1.82, 2.24) is 4.90 Å². The lowest BCUT2D eigenvalue weighted by atomic mass is 9.81. The number of hydrogen-bond acceptors (Lipinski definition) is 3. The fraction of sp³-hybridized carbons (Fsp3) is 0.435. The van der Waals surface area contributed by atoms with Gasteiger partial charge in [-0.1, -0.05) is 41.9 Å². The van der Waals surface area contributed by atoms with Crippen LogP contribution in [0.2, 0.25) is 5.02 Å². The molecule has 5 heteroatoms. The molecule has 0 bridgehead atoms. The standard InChI is InChI=1S/C23H25ClN2OS/c24-17-10-11-22-20(15-17)26(19-8-1-2-9-21(19)28-22)23(27)14-16-6-5-13-25-12-4-3-7-18(16)25/h1-2,8-11,15-16,18H,3-7,12-14H2/t16-,18?/m0/s1. The van der Waals surface area contributed by atoms with Crippen molar-refractivity contribution >= 4 is 40.6 Å². The summed E-state index contributed by atoms with van der Waals surface area (Å²) in [5, 5.41) is 0.674. The van der Waals surface area contributed by atoms with Crippen LogP contribution < -0.4 is 4.90 Å². The summed E-state index contributed by atoms with van der Waals surface area (Å²) >= 11 is 8.02. The van der Waals surface area contributed by atoms with E-state index in [1.807, 2.05) is 35.2 Å². The summed E-state index contributed by atoms with van der Waals surface area (Å²) < 4.78 is 0. The molecule has 2 saturated heterocycles. The van der Waals surface area contributed by atoms with Crippen LogP contribution in [0.1, 0.15) is 38.5 Å². The highest BCUT2D eigenvalue weighted by molar-refractivity contribution is 7.99. The van der Waals surface area contributed by atoms with Gasteiger partial charge in [-0.3, -0.25) is 9.69 Å². The molecule has 0 spiro atoms. The number of piperidine rings is 2. The van der Waals surface area contributed by atoms with E-state index in [-0.39, 0.29) is 5.91 Å². The number of hydrogen-bond donors (Lipinski definition) is 0. The van der Waals surface area contributed by atoms with Crippen LogP contribution in [0, 0.1) is 5.92 Å². The van der Waals surface area contributed by atoms with Crippen molar-refractivity contribution in [3.05, 3.63) is 47.5 Å². The fourth-order valence-corrected chi connectivity index (χ4v) is 6.33. The number of carbonyl (C=O) groups excluding carboxylic acids is 1. The molecule has 2 aromatic carbocycles. The summed E-state index contributed by atoms with van der Waals surface area (Å²) in [6.07, 6.45) is 6.84. The number of amides is 1. The molecule has 1 unspecified atom stereocenters. The van der Waals surface area contributed by atoms with Gasteiger partial charge < -0.3 is 4.90 Å². The first-order valence-corrected chi connectivity index (χ1v) is 11.5. The van der Waals surface area contributed by atoms with Gasteiger partial charge in [0, 0.05) is 27.3 Å². The zero-order valence-electron chi connectivity index (χ0n) is 15.9. The Labute approximate surface area is 176 Å². The molecule has 0 aliphatic carbocycles. The summed E-state index contributed by atoms with van der Waals surface area (Å²) in [7, 11) is 0. The van der Waals surface area contributed by atoms with Gasteiger partial charge in [-0.2, -0.15) is 0 Å². The third-order valence-electron chi connectivity index (χ3n) is 6.40. The summed E-state index contributed by atoms with van der Waals surface area (Å²) in [6.45, 7) is 2.41. The van der Waals surface area contributed by atoms with Crippen LogP contribution >= 0.6 is 23.4 Å². The smallest absolute Gasteiger partial charge is 0.231 e. The number of benzene rings is 2. The average molecular weight is 413 g/mol. The normalized spacial score (nSPS) is 24.2. The molecule has 0 N–H and O–H groups in total. The molecule has 2 fully saturated rings. The maximum Gasteiger partial charge on any atom is 0.231 e. The van der Waals surface area contributed by atoms with Gasteiger partial charge in [0.15, 0.2) is 0 Å². The Morgan fingerprint density at radius 3 is 2.75 bits per heavy atom. The highest BCUT2D eigenvalue weighted by atomic mass is 35.5. The van der Waals surface area contributed by atoms with E-state index in [1.54, 1.807) is 11.8 Å². The van der Waals surface area contributed by atoms with Crippen molar-refractivity contribution < 1.29 is 4.79 Å². The Hall–Kier alpha value is -1.49. The van der Waals surface area contributed by atoms with E-state index in [9.17, 15) is 4.79 Å². The largest absolute Gasteiger partial charge is 0.300 e. The van der Waals surface area contributed by atoms with Crippen LogP contribution in [0.5, 0.6) is 0 Å². The van der Waals surface area contributed by atoms with E-state index in [4.69, 9.17) is 11.6 Å². The first kappa shape index (κ1) is 18.5. The van der Waals surface area contributed by atoms with E-state index in [2.05, 4.69) is 17.0 Å². The van der Waals surface area contributed by atoms with E-state index in [1.165, 1.54) is 45.2 Å². The lowest BCUT2D eigenvalue weighted by molar-refractivity contribution is -0.120. The second kappa shape index (κ2) is 7.74. The van der Waals surface area contributed by atoms with Gasteiger partial charge in [-0.05, 0) is 75.0 Å². The number of fused-ring (bicyclic) bond motifs is 3. The molecule has 2 atom stereocenters. The lowest BCUT2D eigenvalue weighted by Crippen LogP contribution is -2.49. The summed E-state index contributed by atoms with van der Waals surface area (Å²) in [5.74, 6) is 0.666. The molecule has 0 radical (unpaired) electrons. The predicted molar refractivity (Wildman–Crippen MR) is 116 cm³/mol. The topological polar surface area (TPSA) is 23.6 Å². The number of nitrogens with zero attached hydrogens (tertiary/aromatic N) is 2. The minimum atomic E-state index is 0.202. The molecule has 3 heterocycles. The minimum absolute atomic E-state index is 0.202. The molecule has 146 valence electrons. The van der Waals surface area contributed by atoms with Crippen molar-refractivity contribution in [3.8, 4) is 0 Å². The number of rotatable bonds is 2. The van der Waals surface area contributed by atoms with E-state index in [0.29, 0.717) is 23.4 Å². The number of anilines is 2. The van der Waals surface area contributed by atoms with Gasteiger partial charge in [-0.25, -0.2) is 0 Å². The molecular weight excluding hydrogens is 388 g/mol. The SMILES string of the molecule is O=C(C[C@@H]1CCCN2CCCCC12)N1c2ccccc2Sc2ccc(Cl)cc21. The maximum absolute atomic E-state index is 13.6. The third kappa shape index (κ3) is 3.36. The quantitative estimate of drug-likeness (QED) is 0.593. The van der Waals surface area contributed by atoms with Crippen LogP contribution in [-0.4, -0.2) is 29.9 Å². The van der Waals surface area contributed by atoms with Crippen LogP contribution in [-0.2, 0) is 4.79 Å². The Morgan fingerprint density at radius 1 is 1.00 bits per heavy atom. The summed E-state index contributed by atoms with van der Waals surface area (Å²) in [5.41, 5.74) is 1.92. The third-order valence-corrected chi connectivity index (χ3v) is 7.77. The highest BCUT2D eigenvalue weighted by Gasteiger charge is 2.36. The van der Waals surface area contributed by atoms with Gasteiger partial charge in [0.2, 0.25) is 5.91 Å². The Bertz CT molecular complexity index is 900. The summed E-state index contributed by atoms with van der Waals surface area (Å²) in [4.78, 5) is 20.4. The van der Waals surface area contributed by atoms with Crippen molar-refractivity contribution in [1.29, 1.82) is 0 Å². The predicted octanol–water partition coefficient (Wildman–Crippen LogP) is 6.12. The van der Waals surface area contributed by atoms with Gasteiger partial charge in [-0.15, -0.1) is 0 Å². The number of carbonyl (C=O) groups is 1. The van der Waals surface area contributed by atoms with Crippen molar-refractivity contribution in [2.75, 3.05) is 18.0 Å². The second-order valence-electron chi connectivity index (χ2n) is 8.12. The second-order valence-corrected chi connectivity index (χ2v) is 9.64. The van der Waals surface area contributed by atoms with E-state index >= 15 is 0 Å². The van der Waals surface area contributed by atoms with Gasteiger partial charge in [0.1, 0.15) is 0 Å².